The predicted octanol–water partition coefficient (Wildman–Crippen LogP) is 1.98. The first kappa shape index (κ1) is 16.1. The Labute approximate surface area is 125 Å². The van der Waals surface area contributed by atoms with E-state index < -0.39 is 10.0 Å². The Hall–Kier alpha value is -1.24. The van der Waals surface area contributed by atoms with E-state index in [1.54, 1.807) is 12.1 Å². The molecule has 5 nitrogen and oxygen atoms in total. The summed E-state index contributed by atoms with van der Waals surface area (Å²) in [6, 6.07) is 6.16. The quantitative estimate of drug-likeness (QED) is 0.559. The Morgan fingerprint density at radius 2 is 1.95 bits per heavy atom. The van der Waals surface area contributed by atoms with E-state index >= 15 is 0 Å². The van der Waals surface area contributed by atoms with Crippen molar-refractivity contribution in [2.24, 2.45) is 5.92 Å². The summed E-state index contributed by atoms with van der Waals surface area (Å²) < 4.78 is 31.8. The molecular weight excluding hydrogens is 290 g/mol. The number of benzene rings is 1. The van der Waals surface area contributed by atoms with Gasteiger partial charge < -0.3 is 4.74 Å². The van der Waals surface area contributed by atoms with Gasteiger partial charge in [0, 0.05) is 31.2 Å². The molecule has 0 atom stereocenters. The summed E-state index contributed by atoms with van der Waals surface area (Å²) in [6.45, 7) is 3.40. The first-order valence-electron chi connectivity index (χ1n) is 7.26. The number of carbonyl (C=O) groups is 1. The van der Waals surface area contributed by atoms with Gasteiger partial charge in [0.1, 0.15) is 0 Å². The molecule has 116 valence electrons. The van der Waals surface area contributed by atoms with Crippen molar-refractivity contribution in [3.63, 3.8) is 0 Å². The van der Waals surface area contributed by atoms with Crippen LogP contribution in [0.2, 0.25) is 0 Å². The summed E-state index contributed by atoms with van der Waals surface area (Å²) in [5.41, 5.74) is 0.591. The number of nitrogens with one attached hydrogen (secondary N) is 1. The van der Waals surface area contributed by atoms with Crippen LogP contribution in [-0.4, -0.2) is 34.0 Å². The van der Waals surface area contributed by atoms with Crippen LogP contribution in [0.15, 0.2) is 29.2 Å². The van der Waals surface area contributed by atoms with Gasteiger partial charge in [0.2, 0.25) is 10.0 Å². The molecule has 0 aromatic heterocycles. The Morgan fingerprint density at radius 3 is 2.52 bits per heavy atom. The smallest absolute Gasteiger partial charge is 0.240 e. The van der Waals surface area contributed by atoms with Crippen molar-refractivity contribution in [1.29, 1.82) is 0 Å². The summed E-state index contributed by atoms with van der Waals surface area (Å²) in [5, 5.41) is 0. The van der Waals surface area contributed by atoms with Gasteiger partial charge in [-0.05, 0) is 38.3 Å². The molecule has 1 aliphatic carbocycles. The van der Waals surface area contributed by atoms with Crippen LogP contribution in [0.4, 0.5) is 0 Å². The van der Waals surface area contributed by atoms with Crippen LogP contribution in [0.5, 0.6) is 0 Å². The predicted molar refractivity (Wildman–Crippen MR) is 79.8 cm³/mol. The van der Waals surface area contributed by atoms with E-state index in [-0.39, 0.29) is 16.6 Å². The van der Waals surface area contributed by atoms with Gasteiger partial charge in [-0.3, -0.25) is 4.79 Å². The largest absolute Gasteiger partial charge is 0.382 e. The zero-order valence-corrected chi connectivity index (χ0v) is 13.0. The molecule has 1 aliphatic rings. The van der Waals surface area contributed by atoms with E-state index in [4.69, 9.17) is 4.74 Å². The molecule has 0 radical (unpaired) electrons. The molecule has 1 fully saturated rings. The number of ether oxygens (including phenoxy) is 1. The molecule has 0 unspecified atom stereocenters. The van der Waals surface area contributed by atoms with E-state index in [0.717, 1.165) is 12.8 Å². The molecule has 0 bridgehead atoms. The van der Waals surface area contributed by atoms with E-state index in [0.29, 0.717) is 31.7 Å². The first-order valence-corrected chi connectivity index (χ1v) is 8.74. The Kier molecular flexibility index (Phi) is 5.50. The molecule has 0 spiro atoms. The summed E-state index contributed by atoms with van der Waals surface area (Å²) in [6.07, 6.45) is 2.52. The van der Waals surface area contributed by atoms with Gasteiger partial charge in [0.15, 0.2) is 5.78 Å². The molecule has 0 amide bonds. The Morgan fingerprint density at radius 1 is 1.29 bits per heavy atom. The lowest BCUT2D eigenvalue weighted by Gasteiger charge is -2.07. The third-order valence-corrected chi connectivity index (χ3v) is 4.84. The van der Waals surface area contributed by atoms with E-state index in [9.17, 15) is 13.2 Å². The highest BCUT2D eigenvalue weighted by atomic mass is 32.2. The van der Waals surface area contributed by atoms with Crippen LogP contribution in [0.25, 0.3) is 0 Å². The van der Waals surface area contributed by atoms with Crippen molar-refractivity contribution in [1.82, 2.24) is 4.72 Å². The van der Waals surface area contributed by atoms with Crippen LogP contribution in [0.1, 0.15) is 36.5 Å². The third kappa shape index (κ3) is 4.62. The van der Waals surface area contributed by atoms with Crippen LogP contribution in [-0.2, 0) is 14.8 Å². The zero-order chi connectivity index (χ0) is 15.3. The lowest BCUT2D eigenvalue weighted by Crippen LogP contribution is -2.25. The topological polar surface area (TPSA) is 72.5 Å². The average molecular weight is 311 g/mol. The molecule has 0 aliphatic heterocycles. The maximum Gasteiger partial charge on any atom is 0.240 e. The molecule has 21 heavy (non-hydrogen) atoms. The van der Waals surface area contributed by atoms with Gasteiger partial charge in [0.05, 0.1) is 4.90 Å². The van der Waals surface area contributed by atoms with Crippen molar-refractivity contribution in [3.8, 4) is 0 Å². The average Bonchev–Trinajstić information content (AvgIpc) is 3.31. The maximum atomic E-state index is 12.1. The molecule has 1 aromatic rings. The second-order valence-electron chi connectivity index (χ2n) is 5.11. The normalized spacial score (nSPS) is 15.1. The third-order valence-electron chi connectivity index (χ3n) is 3.36. The molecule has 1 saturated carbocycles. The highest BCUT2D eigenvalue weighted by Crippen LogP contribution is 2.32. The van der Waals surface area contributed by atoms with Gasteiger partial charge in [0.25, 0.3) is 0 Å². The molecule has 1 aromatic carbocycles. The number of hydrogen-bond acceptors (Lipinski definition) is 4. The first-order chi connectivity index (χ1) is 10.0. The summed E-state index contributed by atoms with van der Waals surface area (Å²) in [4.78, 5) is 12.0. The van der Waals surface area contributed by atoms with E-state index in [2.05, 4.69) is 4.72 Å². The summed E-state index contributed by atoms with van der Waals surface area (Å²) in [5.74, 6) is 0.257. The van der Waals surface area contributed by atoms with Crippen molar-refractivity contribution in [2.75, 3.05) is 19.8 Å². The Balaban J connectivity index is 1.91. The molecule has 1 N–H and O–H groups in total. The minimum atomic E-state index is -3.51. The number of rotatable bonds is 9. The standard InChI is InChI=1S/C15H21NO4S/c1-2-20-11-3-10-16-21(18,19)14-8-6-13(7-9-14)15(17)12-4-5-12/h6-9,12,16H,2-5,10-11H2,1H3. The minimum absolute atomic E-state index is 0.114. The fourth-order valence-electron chi connectivity index (χ4n) is 1.99. The van der Waals surface area contributed by atoms with Gasteiger partial charge in [-0.1, -0.05) is 12.1 Å². The lowest BCUT2D eigenvalue weighted by molar-refractivity contribution is 0.0967. The minimum Gasteiger partial charge on any atom is -0.382 e. The SMILES string of the molecule is CCOCCCNS(=O)(=O)c1ccc(C(=O)C2CC2)cc1. The van der Waals surface area contributed by atoms with Crippen molar-refractivity contribution in [2.45, 2.75) is 31.1 Å². The summed E-state index contributed by atoms with van der Waals surface area (Å²) >= 11 is 0. The zero-order valence-electron chi connectivity index (χ0n) is 12.2. The molecule has 0 saturated heterocycles. The fourth-order valence-corrected chi connectivity index (χ4v) is 3.06. The number of ketones is 1. The van der Waals surface area contributed by atoms with Crippen molar-refractivity contribution in [3.05, 3.63) is 29.8 Å². The summed E-state index contributed by atoms with van der Waals surface area (Å²) in [7, 11) is -3.51. The number of carbonyl (C=O) groups excluding carboxylic acids is 1. The van der Waals surface area contributed by atoms with Gasteiger partial charge in [-0.15, -0.1) is 0 Å². The van der Waals surface area contributed by atoms with Crippen molar-refractivity contribution < 1.29 is 17.9 Å². The Bertz CT molecular complexity index is 576. The highest BCUT2D eigenvalue weighted by molar-refractivity contribution is 7.89. The molecular formula is C15H21NO4S. The van der Waals surface area contributed by atoms with Crippen LogP contribution >= 0.6 is 0 Å². The van der Waals surface area contributed by atoms with Crippen LogP contribution < -0.4 is 4.72 Å². The van der Waals surface area contributed by atoms with E-state index in [1.807, 2.05) is 6.92 Å². The molecule has 0 heterocycles. The number of hydrogen-bond donors (Lipinski definition) is 1. The second kappa shape index (κ2) is 7.15. The molecule has 2 rings (SSSR count). The second-order valence-corrected chi connectivity index (χ2v) is 6.88. The molecule has 6 heteroatoms. The monoisotopic (exact) mass is 311 g/mol. The van der Waals surface area contributed by atoms with Gasteiger partial charge in [-0.2, -0.15) is 0 Å². The number of Topliss-reactive ketones (excluding diaryl/α,β-unsaturated/α-hetero) is 1. The van der Waals surface area contributed by atoms with Crippen molar-refractivity contribution >= 4 is 15.8 Å². The number of sulfonamides is 1. The van der Waals surface area contributed by atoms with Gasteiger partial charge in [-0.25, -0.2) is 13.1 Å². The van der Waals surface area contributed by atoms with E-state index in [1.165, 1.54) is 12.1 Å². The highest BCUT2D eigenvalue weighted by Gasteiger charge is 2.30. The lowest BCUT2D eigenvalue weighted by atomic mass is 10.1. The maximum absolute atomic E-state index is 12.1. The van der Waals surface area contributed by atoms with Crippen LogP contribution in [0, 0.1) is 5.92 Å². The van der Waals surface area contributed by atoms with Gasteiger partial charge >= 0.3 is 0 Å². The van der Waals surface area contributed by atoms with Crippen LogP contribution in [0.3, 0.4) is 0 Å². The fraction of sp³-hybridized carbons (Fsp3) is 0.533.